The summed E-state index contributed by atoms with van der Waals surface area (Å²) in [6, 6.07) is 12.3. The number of benzene rings is 2. The lowest BCUT2D eigenvalue weighted by atomic mass is 9.90. The molecular formula is C23H24O2. The molecule has 0 saturated heterocycles. The van der Waals surface area contributed by atoms with Crippen molar-refractivity contribution in [2.45, 2.75) is 33.6 Å². The third kappa shape index (κ3) is 3.12. The van der Waals surface area contributed by atoms with E-state index in [0.29, 0.717) is 0 Å². The highest BCUT2D eigenvalue weighted by Crippen LogP contribution is 2.38. The second-order valence-electron chi connectivity index (χ2n) is 6.36. The summed E-state index contributed by atoms with van der Waals surface area (Å²) < 4.78 is 6.21. The Kier molecular flexibility index (Phi) is 4.80. The highest BCUT2D eigenvalue weighted by Gasteiger charge is 2.18. The number of aliphatic hydroxyl groups excluding tert-OH is 1. The maximum absolute atomic E-state index is 10.1. The van der Waals surface area contributed by atoms with Gasteiger partial charge in [-0.1, -0.05) is 50.3 Å². The van der Waals surface area contributed by atoms with Crippen LogP contribution in [0.25, 0.3) is 27.5 Å². The molecule has 0 aliphatic carbocycles. The molecule has 1 aromatic heterocycles. The van der Waals surface area contributed by atoms with Crippen LogP contribution < -0.4 is 0 Å². The first-order valence-corrected chi connectivity index (χ1v) is 8.73. The van der Waals surface area contributed by atoms with Crippen LogP contribution >= 0.6 is 0 Å². The fourth-order valence-corrected chi connectivity index (χ4v) is 3.24. The van der Waals surface area contributed by atoms with Crippen LogP contribution in [-0.2, 0) is 0 Å². The molecule has 2 nitrogen and oxygen atoms in total. The molecule has 3 aromatic rings. The van der Waals surface area contributed by atoms with Gasteiger partial charge in [0, 0.05) is 16.3 Å². The standard InChI is InChI=1S/C23H24O2/c1-5-9-15(3)20(14-17(24)6-2)22-16(4)12-13-19-18-10-7-8-11-21(18)25-23(19)22/h6-8,10-14,24H,3,5,9H2,1-2,4H3/b17-6+,20-14+. The second-order valence-corrected chi connectivity index (χ2v) is 6.36. The molecule has 0 amide bonds. The second kappa shape index (κ2) is 7.02. The predicted molar refractivity (Wildman–Crippen MR) is 107 cm³/mol. The molecule has 3 rings (SSSR count). The zero-order valence-corrected chi connectivity index (χ0v) is 15.1. The summed E-state index contributed by atoms with van der Waals surface area (Å²) in [5, 5.41) is 12.3. The quantitative estimate of drug-likeness (QED) is 0.399. The van der Waals surface area contributed by atoms with Gasteiger partial charge in [0.1, 0.15) is 16.9 Å². The van der Waals surface area contributed by atoms with E-state index in [1.165, 1.54) is 0 Å². The van der Waals surface area contributed by atoms with Crippen LogP contribution in [0.4, 0.5) is 0 Å². The van der Waals surface area contributed by atoms with Crippen molar-refractivity contribution in [2.24, 2.45) is 0 Å². The zero-order valence-electron chi connectivity index (χ0n) is 15.1. The molecule has 0 radical (unpaired) electrons. The number of allylic oxidation sites excluding steroid dienone is 4. The first-order valence-electron chi connectivity index (χ1n) is 8.73. The van der Waals surface area contributed by atoms with Gasteiger partial charge in [0.05, 0.1) is 0 Å². The maximum atomic E-state index is 10.1. The van der Waals surface area contributed by atoms with Crippen LogP contribution in [0.3, 0.4) is 0 Å². The fraction of sp³-hybridized carbons (Fsp3) is 0.217. The molecule has 1 heterocycles. The zero-order chi connectivity index (χ0) is 18.0. The lowest BCUT2D eigenvalue weighted by Gasteiger charge is -2.14. The van der Waals surface area contributed by atoms with Crippen molar-refractivity contribution in [1.29, 1.82) is 0 Å². The summed E-state index contributed by atoms with van der Waals surface area (Å²) in [6.45, 7) is 10.3. The minimum Gasteiger partial charge on any atom is -0.508 e. The lowest BCUT2D eigenvalue weighted by Crippen LogP contribution is -1.95. The van der Waals surface area contributed by atoms with Gasteiger partial charge in [0.15, 0.2) is 0 Å². The van der Waals surface area contributed by atoms with Gasteiger partial charge in [-0.2, -0.15) is 0 Å². The Morgan fingerprint density at radius 2 is 1.92 bits per heavy atom. The molecule has 128 valence electrons. The molecule has 2 aromatic carbocycles. The van der Waals surface area contributed by atoms with Gasteiger partial charge < -0.3 is 9.52 Å². The van der Waals surface area contributed by atoms with Crippen molar-refractivity contribution in [3.05, 3.63) is 77.6 Å². The summed E-state index contributed by atoms with van der Waals surface area (Å²) in [7, 11) is 0. The smallest absolute Gasteiger partial charge is 0.143 e. The van der Waals surface area contributed by atoms with Gasteiger partial charge >= 0.3 is 0 Å². The van der Waals surface area contributed by atoms with Crippen molar-refractivity contribution >= 4 is 27.5 Å². The van der Waals surface area contributed by atoms with Crippen molar-refractivity contribution in [3.8, 4) is 0 Å². The van der Waals surface area contributed by atoms with E-state index in [-0.39, 0.29) is 5.76 Å². The molecule has 0 spiro atoms. The summed E-state index contributed by atoms with van der Waals surface area (Å²) in [6.07, 6.45) is 5.36. The van der Waals surface area contributed by atoms with Crippen LogP contribution in [0.5, 0.6) is 0 Å². The van der Waals surface area contributed by atoms with Crippen molar-refractivity contribution in [2.75, 3.05) is 0 Å². The third-order valence-electron chi connectivity index (χ3n) is 4.55. The Balaban J connectivity index is 2.35. The van der Waals surface area contributed by atoms with Gasteiger partial charge in [0.2, 0.25) is 0 Å². The van der Waals surface area contributed by atoms with Crippen LogP contribution in [0, 0.1) is 6.92 Å². The molecule has 0 atom stereocenters. The Hall–Kier alpha value is -2.74. The number of rotatable bonds is 5. The van der Waals surface area contributed by atoms with Gasteiger partial charge in [-0.15, -0.1) is 0 Å². The van der Waals surface area contributed by atoms with E-state index in [4.69, 9.17) is 4.42 Å². The Morgan fingerprint density at radius 3 is 2.64 bits per heavy atom. The molecule has 0 aliphatic heterocycles. The van der Waals surface area contributed by atoms with E-state index in [9.17, 15) is 5.11 Å². The van der Waals surface area contributed by atoms with Gasteiger partial charge in [0.25, 0.3) is 0 Å². The lowest BCUT2D eigenvalue weighted by molar-refractivity contribution is 0.431. The number of hydrogen-bond acceptors (Lipinski definition) is 2. The van der Waals surface area contributed by atoms with Gasteiger partial charge in [-0.05, 0) is 55.2 Å². The molecule has 0 unspecified atom stereocenters. The SMILES string of the molecule is C=C(CCC)/C(=C\C(O)=C/C)c1c(C)ccc2c1oc1ccccc12. The monoisotopic (exact) mass is 332 g/mol. The third-order valence-corrected chi connectivity index (χ3v) is 4.55. The van der Waals surface area contributed by atoms with E-state index in [1.54, 1.807) is 12.2 Å². The van der Waals surface area contributed by atoms with Crippen molar-refractivity contribution in [3.63, 3.8) is 0 Å². The normalized spacial score (nSPS) is 12.9. The number of aliphatic hydroxyl groups is 1. The number of furan rings is 1. The molecule has 0 fully saturated rings. The topological polar surface area (TPSA) is 33.4 Å². The highest BCUT2D eigenvalue weighted by molar-refractivity contribution is 6.09. The molecule has 0 aliphatic rings. The average molecular weight is 332 g/mol. The minimum absolute atomic E-state index is 0.236. The first-order chi connectivity index (χ1) is 12.1. The molecule has 25 heavy (non-hydrogen) atoms. The number of fused-ring (bicyclic) bond motifs is 3. The maximum Gasteiger partial charge on any atom is 0.143 e. The molecule has 0 saturated carbocycles. The Morgan fingerprint density at radius 1 is 1.16 bits per heavy atom. The van der Waals surface area contributed by atoms with E-state index in [0.717, 1.165) is 57.1 Å². The number of aryl methyl sites for hydroxylation is 1. The van der Waals surface area contributed by atoms with Gasteiger partial charge in [-0.25, -0.2) is 0 Å². The highest BCUT2D eigenvalue weighted by atomic mass is 16.3. The van der Waals surface area contributed by atoms with Crippen LogP contribution in [0.2, 0.25) is 0 Å². The fourth-order valence-electron chi connectivity index (χ4n) is 3.24. The largest absolute Gasteiger partial charge is 0.508 e. The summed E-state index contributed by atoms with van der Waals surface area (Å²) in [5.74, 6) is 0.236. The Bertz CT molecular complexity index is 1000. The summed E-state index contributed by atoms with van der Waals surface area (Å²) >= 11 is 0. The van der Waals surface area contributed by atoms with Crippen LogP contribution in [0.1, 0.15) is 37.8 Å². The van der Waals surface area contributed by atoms with E-state index >= 15 is 0 Å². The average Bonchev–Trinajstić information content (AvgIpc) is 2.98. The van der Waals surface area contributed by atoms with Crippen molar-refractivity contribution < 1.29 is 9.52 Å². The molecule has 2 heteroatoms. The van der Waals surface area contributed by atoms with E-state index in [2.05, 4.69) is 38.6 Å². The molecular weight excluding hydrogens is 308 g/mol. The predicted octanol–water partition coefficient (Wildman–Crippen LogP) is 7.10. The minimum atomic E-state index is 0.236. The van der Waals surface area contributed by atoms with E-state index in [1.807, 2.05) is 25.1 Å². The van der Waals surface area contributed by atoms with Gasteiger partial charge in [-0.3, -0.25) is 0 Å². The van der Waals surface area contributed by atoms with Crippen LogP contribution in [-0.4, -0.2) is 5.11 Å². The molecule has 1 N–H and O–H groups in total. The summed E-state index contributed by atoms with van der Waals surface area (Å²) in [4.78, 5) is 0. The van der Waals surface area contributed by atoms with Crippen LogP contribution in [0.15, 0.2) is 70.9 Å². The molecule has 0 bridgehead atoms. The van der Waals surface area contributed by atoms with Crippen molar-refractivity contribution in [1.82, 2.24) is 0 Å². The first kappa shape index (κ1) is 17.1. The summed E-state index contributed by atoms with van der Waals surface area (Å²) in [5.41, 5.74) is 5.81. The number of para-hydroxylation sites is 1. The Labute approximate surface area is 148 Å². The number of hydrogen-bond donors (Lipinski definition) is 1. The van der Waals surface area contributed by atoms with E-state index < -0.39 is 0 Å².